The van der Waals surface area contributed by atoms with Crippen LogP contribution in [0.2, 0.25) is 0 Å². The van der Waals surface area contributed by atoms with Crippen LogP contribution in [0.1, 0.15) is 48.2 Å². The summed E-state index contributed by atoms with van der Waals surface area (Å²) in [5.41, 5.74) is 3.65. The van der Waals surface area contributed by atoms with E-state index in [4.69, 9.17) is 4.74 Å². The van der Waals surface area contributed by atoms with Crippen molar-refractivity contribution in [3.05, 3.63) is 65.4 Å². The van der Waals surface area contributed by atoms with Gasteiger partial charge in [-0.05, 0) is 82.6 Å². The number of benzene rings is 1. The van der Waals surface area contributed by atoms with Gasteiger partial charge in [-0.25, -0.2) is 9.97 Å². The first-order chi connectivity index (χ1) is 20.3. The molecule has 1 amide bonds. The highest BCUT2D eigenvalue weighted by atomic mass is 16.5. The number of hydrogen-bond acceptors (Lipinski definition) is 10. The van der Waals surface area contributed by atoms with Gasteiger partial charge >= 0.3 is 0 Å². The van der Waals surface area contributed by atoms with E-state index in [2.05, 4.69) is 81.0 Å². The second-order valence-electron chi connectivity index (χ2n) is 11.0. The summed E-state index contributed by atoms with van der Waals surface area (Å²) in [5, 5.41) is 9.50. The Labute approximate surface area is 246 Å². The quantitative estimate of drug-likeness (QED) is 0.176. The third kappa shape index (κ3) is 6.27. The molecule has 0 radical (unpaired) electrons. The van der Waals surface area contributed by atoms with Gasteiger partial charge in [0.05, 0.1) is 5.56 Å². The summed E-state index contributed by atoms with van der Waals surface area (Å²) >= 11 is 0. The third-order valence-corrected chi connectivity index (χ3v) is 7.87. The predicted octanol–water partition coefficient (Wildman–Crippen LogP) is 4.18. The van der Waals surface area contributed by atoms with E-state index in [1.165, 1.54) is 17.3 Å². The molecule has 2 aromatic heterocycles. The molecule has 0 atom stereocenters. The zero-order valence-corrected chi connectivity index (χ0v) is 24.6. The van der Waals surface area contributed by atoms with E-state index in [9.17, 15) is 9.59 Å². The molecule has 2 aliphatic rings. The zero-order valence-electron chi connectivity index (χ0n) is 24.6. The number of fused-ring (bicyclic) bond motifs is 2. The van der Waals surface area contributed by atoms with Gasteiger partial charge in [-0.2, -0.15) is 4.98 Å². The number of hydrogen-bond donors (Lipinski definition) is 3. The molecule has 0 saturated carbocycles. The number of carbonyl (C=O) groups excluding carboxylic acids is 2. The molecule has 3 aromatic rings. The largest absolute Gasteiger partial charge is 0.480 e. The van der Waals surface area contributed by atoms with E-state index >= 15 is 0 Å². The fourth-order valence-electron chi connectivity index (χ4n) is 5.17. The lowest BCUT2D eigenvalue weighted by Gasteiger charge is -2.41. The van der Waals surface area contributed by atoms with Crippen LogP contribution in [0.4, 0.5) is 29.1 Å². The number of unbranched alkanes of at least 4 members (excludes halogenated alkanes) is 1. The number of likely N-dealkylation sites (N-methyl/N-ethyl adjacent to an activating group) is 2. The van der Waals surface area contributed by atoms with E-state index in [1.54, 1.807) is 17.0 Å². The fraction of sp³-hybridized carbons (Fsp3) is 0.387. The van der Waals surface area contributed by atoms with Crippen LogP contribution in [0.15, 0.2) is 48.7 Å². The number of pyridine rings is 1. The number of amides is 1. The Balaban J connectivity index is 1.35. The van der Waals surface area contributed by atoms with Crippen LogP contribution in [0.25, 0.3) is 0 Å². The van der Waals surface area contributed by atoms with Crippen LogP contribution in [-0.4, -0.2) is 72.4 Å². The minimum Gasteiger partial charge on any atom is -0.480 e. The van der Waals surface area contributed by atoms with Gasteiger partial charge in [0.1, 0.15) is 11.6 Å². The number of ether oxygens (including phenoxy) is 1. The van der Waals surface area contributed by atoms with Gasteiger partial charge in [-0.15, -0.1) is 0 Å². The molecule has 0 bridgehead atoms. The van der Waals surface area contributed by atoms with E-state index in [0.717, 1.165) is 38.0 Å². The Morgan fingerprint density at radius 2 is 1.98 bits per heavy atom. The summed E-state index contributed by atoms with van der Waals surface area (Å²) in [6.07, 6.45) is 8.97. The van der Waals surface area contributed by atoms with Gasteiger partial charge < -0.3 is 20.7 Å². The number of allylic oxidation sites excluding steroid dienone is 1. The van der Waals surface area contributed by atoms with Gasteiger partial charge in [-0.3, -0.25) is 19.4 Å². The number of aromatic nitrogens is 3. The smallest absolute Gasteiger partial charge is 0.266 e. The minimum atomic E-state index is -0.145. The third-order valence-electron chi connectivity index (χ3n) is 7.87. The maximum Gasteiger partial charge on any atom is 0.266 e. The van der Waals surface area contributed by atoms with E-state index < -0.39 is 0 Å². The first kappa shape index (κ1) is 29.2. The maximum absolute atomic E-state index is 12.7. The van der Waals surface area contributed by atoms with Crippen molar-refractivity contribution in [3.8, 4) is 5.75 Å². The Morgan fingerprint density at radius 1 is 1.12 bits per heavy atom. The number of anilines is 5. The molecule has 0 fully saturated rings. The molecule has 11 heteroatoms. The van der Waals surface area contributed by atoms with Gasteiger partial charge in [-0.1, -0.05) is 18.2 Å². The van der Waals surface area contributed by atoms with Crippen LogP contribution < -0.4 is 25.6 Å². The molecule has 42 heavy (non-hydrogen) atoms. The zero-order chi connectivity index (χ0) is 29.7. The van der Waals surface area contributed by atoms with E-state index in [-0.39, 0.29) is 23.6 Å². The number of nitrogens with zero attached hydrogens (tertiary/aromatic N) is 5. The van der Waals surface area contributed by atoms with Crippen molar-refractivity contribution in [1.82, 2.24) is 25.2 Å². The van der Waals surface area contributed by atoms with E-state index in [1.807, 2.05) is 13.1 Å². The molecule has 3 N–H and O–H groups in total. The lowest BCUT2D eigenvalue weighted by Crippen LogP contribution is -2.43. The van der Waals surface area contributed by atoms with Crippen molar-refractivity contribution >= 4 is 41.3 Å². The number of carbonyl (C=O) groups is 2. The van der Waals surface area contributed by atoms with Crippen molar-refractivity contribution in [2.24, 2.45) is 0 Å². The lowest BCUT2D eigenvalue weighted by atomic mass is 9.83. The Hall–Kier alpha value is -4.35. The number of rotatable bonds is 11. The van der Waals surface area contributed by atoms with Crippen molar-refractivity contribution in [1.29, 1.82) is 0 Å². The van der Waals surface area contributed by atoms with Gasteiger partial charge in [0, 0.05) is 37.1 Å². The fourth-order valence-corrected chi connectivity index (χ4v) is 5.17. The standard InChI is InChI=1S/C31H38N8O3/c1-31(2)24-17-23(10-9-21(24)13-16-38(31)4)34-30-33-18-22(19-40)28(37-30)35-26-12-11-25-29(36-26)39(27(41)20-42-25)15-8-6-5-7-14-32-3/h5,7,9-12,17-19,32H,6,8,13-16,20H2,1-4H3,(H2,33,34,35,36,37)/b7-5-. The summed E-state index contributed by atoms with van der Waals surface area (Å²) in [6, 6.07) is 9.82. The molecule has 5 rings (SSSR count). The molecule has 1 aromatic carbocycles. The molecular weight excluding hydrogens is 532 g/mol. The summed E-state index contributed by atoms with van der Waals surface area (Å²) in [7, 11) is 4.04. The normalized spacial score (nSPS) is 16.1. The van der Waals surface area contributed by atoms with Crippen molar-refractivity contribution in [2.45, 2.75) is 38.6 Å². The monoisotopic (exact) mass is 570 g/mol. The molecule has 0 aliphatic carbocycles. The van der Waals surface area contributed by atoms with Crippen molar-refractivity contribution in [3.63, 3.8) is 0 Å². The Morgan fingerprint density at radius 3 is 2.79 bits per heavy atom. The summed E-state index contributed by atoms with van der Waals surface area (Å²) in [5.74, 6) is 1.90. The number of nitrogens with one attached hydrogen (secondary N) is 3. The maximum atomic E-state index is 12.7. The summed E-state index contributed by atoms with van der Waals surface area (Å²) < 4.78 is 5.62. The lowest BCUT2D eigenvalue weighted by molar-refractivity contribution is -0.121. The minimum absolute atomic E-state index is 0.0244. The summed E-state index contributed by atoms with van der Waals surface area (Å²) in [6.45, 7) is 6.76. The number of aldehydes is 1. The molecule has 4 heterocycles. The first-order valence-electron chi connectivity index (χ1n) is 14.2. The van der Waals surface area contributed by atoms with Crippen LogP contribution in [-0.2, 0) is 16.8 Å². The van der Waals surface area contributed by atoms with Crippen molar-refractivity contribution in [2.75, 3.05) is 55.9 Å². The Kier molecular flexibility index (Phi) is 8.79. The van der Waals surface area contributed by atoms with E-state index in [0.29, 0.717) is 42.0 Å². The molecule has 0 spiro atoms. The molecule has 220 valence electrons. The molecule has 0 unspecified atom stereocenters. The average Bonchev–Trinajstić information content (AvgIpc) is 2.98. The molecule has 2 aliphatic heterocycles. The molecular formula is C31H38N8O3. The highest BCUT2D eigenvalue weighted by Crippen LogP contribution is 2.36. The molecule has 11 nitrogen and oxygen atoms in total. The highest BCUT2D eigenvalue weighted by molar-refractivity contribution is 5.97. The predicted molar refractivity (Wildman–Crippen MR) is 164 cm³/mol. The van der Waals surface area contributed by atoms with Gasteiger partial charge in [0.15, 0.2) is 24.5 Å². The van der Waals surface area contributed by atoms with Crippen molar-refractivity contribution < 1.29 is 14.3 Å². The summed E-state index contributed by atoms with van der Waals surface area (Å²) in [4.78, 5) is 42.2. The second-order valence-corrected chi connectivity index (χ2v) is 11.0. The average molecular weight is 571 g/mol. The van der Waals surface area contributed by atoms with Crippen LogP contribution >= 0.6 is 0 Å². The van der Waals surface area contributed by atoms with Gasteiger partial charge in [0.25, 0.3) is 5.91 Å². The SMILES string of the molecule is CNC/C=C\CCCN1C(=O)COc2ccc(Nc3nc(Nc4ccc5c(c4)C(C)(C)N(C)CC5)ncc3C=O)nc21. The van der Waals surface area contributed by atoms with Crippen LogP contribution in [0.3, 0.4) is 0 Å². The topological polar surface area (TPSA) is 125 Å². The van der Waals surface area contributed by atoms with Crippen LogP contribution in [0.5, 0.6) is 5.75 Å². The Bertz CT molecular complexity index is 1490. The molecule has 0 saturated heterocycles. The van der Waals surface area contributed by atoms with Crippen LogP contribution in [0, 0.1) is 0 Å². The second kappa shape index (κ2) is 12.7. The van der Waals surface area contributed by atoms with Gasteiger partial charge in [0.2, 0.25) is 5.95 Å². The highest BCUT2D eigenvalue weighted by Gasteiger charge is 2.32. The first-order valence-corrected chi connectivity index (χ1v) is 14.2.